The molecule has 3 aliphatic rings. The molecule has 34 heteroatoms. The number of rotatable bonds is 14. The molecule has 24 nitrogen and oxygen atoms in total. The molecule has 0 atom stereocenters. The number of sulfone groups is 1. The Morgan fingerprint density at radius 3 is 1.23 bits per heavy atom. The predicted molar refractivity (Wildman–Crippen MR) is 377 cm³/mol. The van der Waals surface area contributed by atoms with Gasteiger partial charge in [-0.3, -0.25) is 14.0 Å². The maximum Gasteiger partial charge on any atom is 0.223 e. The van der Waals surface area contributed by atoms with E-state index in [9.17, 15) is 27.4 Å². The Kier molecular flexibility index (Phi) is 20.3. The van der Waals surface area contributed by atoms with Crippen molar-refractivity contribution < 1.29 is 26.3 Å². The lowest BCUT2D eigenvalue weighted by Crippen LogP contribution is -2.64. The number of nitriles is 3. The molecule has 11 aromatic heterocycles. The molecule has 3 saturated heterocycles. The second-order valence-corrected chi connectivity index (χ2v) is 33.5. The molecule has 0 aliphatic carbocycles. The monoisotopic (exact) mass is 1490 g/mol. The van der Waals surface area contributed by atoms with Crippen molar-refractivity contribution >= 4 is 152 Å². The van der Waals surface area contributed by atoms with Gasteiger partial charge in [0.15, 0.2) is 9.84 Å². The van der Waals surface area contributed by atoms with Crippen LogP contribution in [0, 0.1) is 39.4 Å². The van der Waals surface area contributed by atoms with Gasteiger partial charge >= 0.3 is 0 Å². The molecule has 498 valence electrons. The summed E-state index contributed by atoms with van der Waals surface area (Å²) in [6.45, 7) is 10.1. The number of thiophene rings is 4. The summed E-state index contributed by atoms with van der Waals surface area (Å²) in [6.07, 6.45) is 13.4. The third kappa shape index (κ3) is 14.6. The van der Waals surface area contributed by atoms with E-state index in [0.717, 1.165) is 93.0 Å². The van der Waals surface area contributed by atoms with Crippen LogP contribution in [0.4, 0.5) is 0 Å². The number of ether oxygens (including phenoxy) is 2. The largest absolute Gasteiger partial charge is 0.381 e. The lowest BCUT2D eigenvalue weighted by molar-refractivity contribution is -0.104. The van der Waals surface area contributed by atoms with Gasteiger partial charge in [-0.1, -0.05) is 32.9 Å². The van der Waals surface area contributed by atoms with E-state index in [4.69, 9.17) is 61.1 Å². The standard InChI is InChI=1S/C17H17ClN2O2S2.C16H15ClN6O2S2.C16H14ClN5OS.C14H10ClN5OS/c1-17(2,3)10-24(21,22)12-6-4-11(5-7-12)14-15-13(8-9-23-15)19-16(18)20-14;1-2-27(24,25)22-9-16(10-22,4-5-18)23-8-11(7-19-23)13-14-12(3-6-26-14)20-15(17)21-13;17-15-20-12-1-8-24-14(12)13(21-15)11-9-19-22(10-11)16(2-5-18)3-6-23-7-4-16;15-13-18-10-1-4-22-12(10)11(19-13)9-5-17-20(6-9)14(2-3-16)7-21-8-14/h4-9H,10H2,1-3H3;3,6-8H,2,4,9-10H2,1H3;1,8-10H,2-4,6-7H2;1,4-6H,2,7-8H2. The molecular weight excluding hydrogens is 1440 g/mol. The van der Waals surface area contributed by atoms with Crippen LogP contribution in [0.25, 0.3) is 85.9 Å². The lowest BCUT2D eigenvalue weighted by Gasteiger charge is -2.47. The zero-order valence-electron chi connectivity index (χ0n) is 52.0. The zero-order valence-corrected chi connectivity index (χ0v) is 60.0. The summed E-state index contributed by atoms with van der Waals surface area (Å²) in [5.74, 6) is 0.142. The molecular formula is C63H56Cl4N18O6S6. The van der Waals surface area contributed by atoms with Gasteiger partial charge in [0, 0.05) is 67.1 Å². The summed E-state index contributed by atoms with van der Waals surface area (Å²) in [7, 11) is -6.60. The molecule has 14 heterocycles. The number of fused-ring (bicyclic) bond motifs is 4. The number of nitrogens with zero attached hydrogens (tertiary/aromatic N) is 18. The highest BCUT2D eigenvalue weighted by atomic mass is 35.5. The van der Waals surface area contributed by atoms with Crippen molar-refractivity contribution in [3.05, 3.63) is 128 Å². The first-order valence-electron chi connectivity index (χ1n) is 29.8. The van der Waals surface area contributed by atoms with Crippen LogP contribution >= 0.6 is 91.8 Å². The van der Waals surface area contributed by atoms with Gasteiger partial charge < -0.3 is 9.47 Å². The molecule has 3 fully saturated rings. The molecule has 1 aromatic carbocycles. The summed E-state index contributed by atoms with van der Waals surface area (Å²) in [4.78, 5) is 34.5. The molecule has 0 radical (unpaired) electrons. The number of sulfonamides is 1. The van der Waals surface area contributed by atoms with Crippen LogP contribution in [0.3, 0.4) is 0 Å². The number of halogens is 4. The molecule has 12 aromatic rings. The van der Waals surface area contributed by atoms with Crippen molar-refractivity contribution in [2.45, 2.75) is 81.3 Å². The number of benzene rings is 1. The average molecular weight is 1500 g/mol. The highest BCUT2D eigenvalue weighted by Gasteiger charge is 2.50. The van der Waals surface area contributed by atoms with Crippen LogP contribution < -0.4 is 0 Å². The predicted octanol–water partition coefficient (Wildman–Crippen LogP) is 13.8. The number of hydrogen-bond acceptors (Lipinski definition) is 24. The van der Waals surface area contributed by atoms with Crippen molar-refractivity contribution in [1.82, 2.24) is 73.5 Å². The quantitative estimate of drug-likeness (QED) is 0.0913. The van der Waals surface area contributed by atoms with Crippen molar-refractivity contribution in [3.63, 3.8) is 0 Å². The van der Waals surface area contributed by atoms with Gasteiger partial charge in [0.25, 0.3) is 0 Å². The Morgan fingerprint density at radius 1 is 0.505 bits per heavy atom. The van der Waals surface area contributed by atoms with Gasteiger partial charge in [0.1, 0.15) is 11.1 Å². The van der Waals surface area contributed by atoms with Crippen molar-refractivity contribution in [1.29, 1.82) is 15.8 Å². The van der Waals surface area contributed by atoms with E-state index in [-0.39, 0.29) is 68.6 Å². The normalized spacial score (nSPS) is 15.8. The third-order valence-corrected chi connectivity index (χ3v) is 24.7. The zero-order chi connectivity index (χ0) is 68.5. The van der Waals surface area contributed by atoms with Gasteiger partial charge in [-0.25, -0.2) is 56.7 Å². The van der Waals surface area contributed by atoms with Crippen LogP contribution in [0.5, 0.6) is 0 Å². The third-order valence-electron chi connectivity index (χ3n) is 16.3. The smallest absolute Gasteiger partial charge is 0.223 e. The van der Waals surface area contributed by atoms with E-state index < -0.39 is 25.4 Å². The first kappa shape index (κ1) is 69.3. The van der Waals surface area contributed by atoms with Crippen LogP contribution in [-0.4, -0.2) is 141 Å². The molecule has 0 spiro atoms. The average Bonchev–Trinajstić information content (AvgIpc) is 1.66. The second-order valence-electron chi connectivity index (χ2n) is 24.2. The minimum atomic E-state index is -3.31. The number of hydrogen-bond donors (Lipinski definition) is 0. The van der Waals surface area contributed by atoms with Crippen LogP contribution in [0.15, 0.2) is 112 Å². The Balaban J connectivity index is 0.000000124. The molecule has 15 rings (SSSR count). The highest BCUT2D eigenvalue weighted by molar-refractivity contribution is 7.91. The maximum absolute atomic E-state index is 12.5. The van der Waals surface area contributed by atoms with Crippen LogP contribution in [-0.2, 0) is 46.0 Å². The first-order valence-corrected chi connectivity index (χ1v) is 38.1. The Labute approximate surface area is 592 Å². The molecule has 97 heavy (non-hydrogen) atoms. The van der Waals surface area contributed by atoms with E-state index in [1.165, 1.54) is 27.0 Å². The van der Waals surface area contributed by atoms with E-state index in [1.54, 1.807) is 83.3 Å². The fourth-order valence-corrected chi connectivity index (χ4v) is 18.5. The van der Waals surface area contributed by atoms with Gasteiger partial charge in [-0.05, 0) is 130 Å². The van der Waals surface area contributed by atoms with Crippen LogP contribution in [0.2, 0.25) is 21.1 Å². The fraction of sp³-hybridized carbons (Fsp3) is 0.333. The summed E-state index contributed by atoms with van der Waals surface area (Å²) in [5.41, 5.74) is 7.85. The summed E-state index contributed by atoms with van der Waals surface area (Å²) < 4.78 is 70.4. The van der Waals surface area contributed by atoms with Gasteiger partial charge in [-0.15, -0.1) is 45.3 Å². The molecule has 0 unspecified atom stereocenters. The topological polar surface area (TPSA) is 318 Å². The molecule has 0 amide bonds. The Morgan fingerprint density at radius 2 is 0.866 bits per heavy atom. The minimum absolute atomic E-state index is 0.0375. The fourth-order valence-electron chi connectivity index (χ4n) is 11.4. The summed E-state index contributed by atoms with van der Waals surface area (Å²) in [6, 6.07) is 21.1. The lowest BCUT2D eigenvalue weighted by atomic mass is 9.87. The maximum atomic E-state index is 12.5. The Hall–Kier alpha value is -7.58. The molecule has 3 aliphatic heterocycles. The molecule has 0 bridgehead atoms. The first-order chi connectivity index (χ1) is 46.5. The van der Waals surface area contributed by atoms with Gasteiger partial charge in [0.2, 0.25) is 31.2 Å². The summed E-state index contributed by atoms with van der Waals surface area (Å²) >= 11 is 30.3. The SMILES string of the molecule is CC(C)(C)CS(=O)(=O)c1ccc(-c2nc(Cl)nc3ccsc23)cc1.CCS(=O)(=O)N1CC(CC#N)(n2cc(-c3nc(Cl)nc4ccsc34)cn2)C1.N#CCC1(n2cc(-c3nc(Cl)nc4ccsc34)cn2)CCOCC1.N#CCC1(n2cc(-c3nc(Cl)nc4ccsc34)cn2)COC1. The molecule has 0 N–H and O–H groups in total. The van der Waals surface area contributed by atoms with Crippen molar-refractivity contribution in [2.75, 3.05) is 51.0 Å². The van der Waals surface area contributed by atoms with Crippen LogP contribution in [0.1, 0.15) is 59.8 Å². The second kappa shape index (κ2) is 28.3. The summed E-state index contributed by atoms with van der Waals surface area (Å²) in [5, 5.41) is 49.4. The Bertz CT molecular complexity index is 5260. The van der Waals surface area contributed by atoms with Gasteiger partial charge in [0.05, 0.1) is 155 Å². The van der Waals surface area contributed by atoms with Crippen molar-refractivity contribution in [3.8, 4) is 63.2 Å². The van der Waals surface area contributed by atoms with E-state index in [1.807, 2.05) is 88.3 Å². The van der Waals surface area contributed by atoms with Crippen molar-refractivity contribution in [2.24, 2.45) is 5.41 Å². The van der Waals surface area contributed by atoms with E-state index >= 15 is 0 Å². The van der Waals surface area contributed by atoms with E-state index in [2.05, 4.69) is 73.4 Å². The highest BCUT2D eigenvalue weighted by Crippen LogP contribution is 2.41. The van der Waals surface area contributed by atoms with E-state index in [0.29, 0.717) is 49.9 Å². The van der Waals surface area contributed by atoms with Gasteiger partial charge in [-0.2, -0.15) is 35.4 Å². The number of aromatic nitrogens is 14. The molecule has 0 saturated carbocycles. The minimum Gasteiger partial charge on any atom is -0.381 e.